The molecule has 1 N–H and O–H groups in total. The van der Waals surface area contributed by atoms with Crippen molar-refractivity contribution >= 4 is 23.7 Å². The number of nitrogens with zero attached hydrogens (tertiary/aromatic N) is 6. The van der Waals surface area contributed by atoms with Crippen molar-refractivity contribution in [2.45, 2.75) is 13.0 Å². The van der Waals surface area contributed by atoms with Crippen LogP contribution in [0.25, 0.3) is 5.95 Å². The van der Waals surface area contributed by atoms with Crippen molar-refractivity contribution in [1.29, 1.82) is 0 Å². The fourth-order valence-corrected chi connectivity index (χ4v) is 3.12. The third-order valence-corrected chi connectivity index (χ3v) is 4.38. The van der Waals surface area contributed by atoms with E-state index in [1.165, 1.54) is 0 Å². The molecule has 7 nitrogen and oxygen atoms in total. The number of imidazole rings is 1. The van der Waals surface area contributed by atoms with Gasteiger partial charge in [-0.25, -0.2) is 4.98 Å². The predicted octanol–water partition coefficient (Wildman–Crippen LogP) is 1.04. The highest BCUT2D eigenvalue weighted by atomic mass is 32.2. The van der Waals surface area contributed by atoms with Crippen LogP contribution < -0.4 is 10.2 Å². The van der Waals surface area contributed by atoms with Crippen LogP contribution >= 0.6 is 11.8 Å². The molecule has 3 rings (SSSR count). The maximum absolute atomic E-state index is 4.58. The van der Waals surface area contributed by atoms with Crippen LogP contribution in [0, 0.1) is 0 Å². The quantitative estimate of drug-likeness (QED) is 0.906. The van der Waals surface area contributed by atoms with Crippen molar-refractivity contribution in [3.8, 4) is 5.95 Å². The van der Waals surface area contributed by atoms with Crippen molar-refractivity contribution in [3.63, 3.8) is 0 Å². The Bertz CT molecular complexity index is 571. The van der Waals surface area contributed by atoms with Crippen LogP contribution in [0.15, 0.2) is 18.7 Å². The lowest BCUT2D eigenvalue weighted by molar-refractivity contribution is 0.672. The Hall–Kier alpha value is -1.83. The summed E-state index contributed by atoms with van der Waals surface area (Å²) in [5.41, 5.74) is 0. The molecule has 0 amide bonds. The van der Waals surface area contributed by atoms with E-state index in [-0.39, 0.29) is 0 Å². The summed E-state index contributed by atoms with van der Waals surface area (Å²) >= 11 is 1.97. The fraction of sp³-hybridized carbons (Fsp3) is 0.500. The molecule has 8 heteroatoms. The van der Waals surface area contributed by atoms with Gasteiger partial charge in [0.25, 0.3) is 0 Å². The molecule has 1 saturated heterocycles. The average Bonchev–Trinajstić information content (AvgIpc) is 3.01. The van der Waals surface area contributed by atoms with Gasteiger partial charge >= 0.3 is 0 Å². The number of anilines is 2. The zero-order valence-electron chi connectivity index (χ0n) is 11.5. The third-order valence-electron chi connectivity index (χ3n) is 3.20. The second kappa shape index (κ2) is 5.66. The van der Waals surface area contributed by atoms with E-state index >= 15 is 0 Å². The number of hydrogen-bond donors (Lipinski definition) is 1. The van der Waals surface area contributed by atoms with E-state index < -0.39 is 0 Å². The Labute approximate surface area is 121 Å². The van der Waals surface area contributed by atoms with Crippen LogP contribution in [0.3, 0.4) is 0 Å². The van der Waals surface area contributed by atoms with Gasteiger partial charge in [-0.1, -0.05) is 0 Å². The maximum atomic E-state index is 4.58. The lowest BCUT2D eigenvalue weighted by Crippen LogP contribution is -2.41. The Morgan fingerprint density at radius 3 is 2.85 bits per heavy atom. The molecule has 0 bridgehead atoms. The van der Waals surface area contributed by atoms with Crippen LogP contribution in [-0.2, 0) is 0 Å². The summed E-state index contributed by atoms with van der Waals surface area (Å²) in [6.07, 6.45) is 5.23. The molecule has 0 saturated carbocycles. The lowest BCUT2D eigenvalue weighted by atomic mass is 10.3. The summed E-state index contributed by atoms with van der Waals surface area (Å²) < 4.78 is 1.79. The first-order valence-electron chi connectivity index (χ1n) is 6.54. The smallest absolute Gasteiger partial charge is 0.241 e. The third kappa shape index (κ3) is 2.55. The van der Waals surface area contributed by atoms with Crippen LogP contribution in [0.1, 0.15) is 6.92 Å². The summed E-state index contributed by atoms with van der Waals surface area (Å²) in [6, 6.07) is 0.427. The molecule has 20 heavy (non-hydrogen) atoms. The molecule has 106 valence electrons. The molecule has 2 aromatic heterocycles. The van der Waals surface area contributed by atoms with Crippen molar-refractivity contribution < 1.29 is 0 Å². The second-order valence-electron chi connectivity index (χ2n) is 4.60. The maximum Gasteiger partial charge on any atom is 0.241 e. The Balaban J connectivity index is 1.99. The highest BCUT2D eigenvalue weighted by Gasteiger charge is 2.22. The van der Waals surface area contributed by atoms with Gasteiger partial charge in [0.2, 0.25) is 17.8 Å². The number of rotatable bonds is 3. The average molecular weight is 291 g/mol. The summed E-state index contributed by atoms with van der Waals surface area (Å²) in [5, 5.41) is 3.00. The van der Waals surface area contributed by atoms with Gasteiger partial charge in [-0.2, -0.15) is 26.7 Å². The van der Waals surface area contributed by atoms with Gasteiger partial charge in [-0.05, 0) is 6.92 Å². The number of aromatic nitrogens is 5. The van der Waals surface area contributed by atoms with Crippen LogP contribution in [0.2, 0.25) is 0 Å². The largest absolute Gasteiger partial charge is 0.357 e. The summed E-state index contributed by atoms with van der Waals surface area (Å²) in [4.78, 5) is 19.7. The predicted molar refractivity (Wildman–Crippen MR) is 80.6 cm³/mol. The van der Waals surface area contributed by atoms with Gasteiger partial charge in [-0.15, -0.1) is 0 Å². The van der Waals surface area contributed by atoms with E-state index in [9.17, 15) is 0 Å². The topological polar surface area (TPSA) is 71.8 Å². The monoisotopic (exact) mass is 291 g/mol. The molecule has 0 aromatic carbocycles. The number of thioether (sulfide) groups is 1. The van der Waals surface area contributed by atoms with Crippen molar-refractivity contribution in [1.82, 2.24) is 24.5 Å². The second-order valence-corrected chi connectivity index (χ2v) is 5.75. The van der Waals surface area contributed by atoms with E-state index in [1.807, 2.05) is 25.0 Å². The molecule has 3 heterocycles. The Morgan fingerprint density at radius 1 is 1.30 bits per heavy atom. The molecule has 0 spiro atoms. The van der Waals surface area contributed by atoms with Crippen LogP contribution in [0.5, 0.6) is 0 Å². The van der Waals surface area contributed by atoms with Gasteiger partial charge in [0.05, 0.1) is 0 Å². The van der Waals surface area contributed by atoms with E-state index in [2.05, 4.69) is 37.1 Å². The van der Waals surface area contributed by atoms with E-state index in [0.29, 0.717) is 17.9 Å². The molecule has 1 unspecified atom stereocenters. The zero-order chi connectivity index (χ0) is 13.9. The zero-order valence-corrected chi connectivity index (χ0v) is 12.3. The first-order valence-corrected chi connectivity index (χ1v) is 7.70. The molecule has 1 atom stereocenters. The fourth-order valence-electron chi connectivity index (χ4n) is 2.11. The van der Waals surface area contributed by atoms with Gasteiger partial charge in [0.1, 0.15) is 6.33 Å². The van der Waals surface area contributed by atoms with Gasteiger partial charge in [0, 0.05) is 43.5 Å². The highest BCUT2D eigenvalue weighted by molar-refractivity contribution is 7.99. The van der Waals surface area contributed by atoms with Crippen molar-refractivity contribution in [2.75, 3.05) is 35.3 Å². The van der Waals surface area contributed by atoms with Gasteiger partial charge in [-0.3, -0.25) is 4.57 Å². The molecule has 0 aliphatic carbocycles. The molecular weight excluding hydrogens is 274 g/mol. The first-order chi connectivity index (χ1) is 9.78. The molecule has 1 aliphatic heterocycles. The Kier molecular flexibility index (Phi) is 3.72. The van der Waals surface area contributed by atoms with E-state index in [4.69, 9.17) is 0 Å². The normalized spacial score (nSPS) is 19.1. The summed E-state index contributed by atoms with van der Waals surface area (Å²) in [7, 11) is 1.81. The molecular formula is C12H17N7S. The lowest BCUT2D eigenvalue weighted by Gasteiger charge is -2.33. The van der Waals surface area contributed by atoms with E-state index in [0.717, 1.165) is 24.0 Å². The van der Waals surface area contributed by atoms with Crippen LogP contribution in [-0.4, -0.2) is 55.6 Å². The van der Waals surface area contributed by atoms with Crippen molar-refractivity contribution in [2.24, 2.45) is 0 Å². The minimum atomic E-state index is 0.427. The molecule has 2 aromatic rings. The summed E-state index contributed by atoms with van der Waals surface area (Å²) in [5.74, 6) is 4.08. The number of nitrogens with one attached hydrogen (secondary N) is 1. The Morgan fingerprint density at radius 2 is 2.15 bits per heavy atom. The SMILES string of the molecule is CNc1nc(N2CCSCC2C)nc(-n2ccnc2)n1. The van der Waals surface area contributed by atoms with Gasteiger partial charge in [0.15, 0.2) is 0 Å². The van der Waals surface area contributed by atoms with Gasteiger partial charge < -0.3 is 10.2 Å². The minimum absolute atomic E-state index is 0.427. The first kappa shape index (κ1) is 13.2. The molecule has 0 radical (unpaired) electrons. The van der Waals surface area contributed by atoms with Crippen LogP contribution in [0.4, 0.5) is 11.9 Å². The highest BCUT2D eigenvalue weighted by Crippen LogP contribution is 2.22. The summed E-state index contributed by atoms with van der Waals surface area (Å²) in [6.45, 7) is 3.16. The molecule has 1 aliphatic rings. The molecule has 1 fully saturated rings. The minimum Gasteiger partial charge on any atom is -0.357 e. The number of hydrogen-bond acceptors (Lipinski definition) is 7. The van der Waals surface area contributed by atoms with E-state index in [1.54, 1.807) is 17.1 Å². The van der Waals surface area contributed by atoms with Crippen molar-refractivity contribution in [3.05, 3.63) is 18.7 Å². The standard InChI is InChI=1S/C12H17N7S/c1-9-7-20-6-5-19(9)12-16-10(13-2)15-11(17-12)18-4-3-14-8-18/h3-4,8-9H,5-7H2,1-2H3,(H,13,15,16,17).